The van der Waals surface area contributed by atoms with Crippen LogP contribution in [0.4, 0.5) is 0 Å². The van der Waals surface area contributed by atoms with Crippen LogP contribution in [-0.2, 0) is 14.3 Å². The monoisotopic (exact) mass is 362 g/mol. The fourth-order valence-corrected chi connectivity index (χ4v) is 2.49. The van der Waals surface area contributed by atoms with Crippen molar-refractivity contribution < 1.29 is 23.8 Å². The lowest BCUT2D eigenvalue weighted by atomic mass is 10.1. The van der Waals surface area contributed by atoms with E-state index in [2.05, 4.69) is 11.3 Å². The lowest BCUT2D eigenvalue weighted by Crippen LogP contribution is -2.01. The van der Waals surface area contributed by atoms with Gasteiger partial charge in [-0.05, 0) is 37.1 Å². The maximum Gasteiger partial charge on any atom is 0.337 e. The fraction of sp³-hybridized carbons (Fsp3) is 0.524. The molecule has 0 radical (unpaired) electrons. The summed E-state index contributed by atoms with van der Waals surface area (Å²) in [6.07, 6.45) is 10.2. The van der Waals surface area contributed by atoms with Gasteiger partial charge >= 0.3 is 11.9 Å². The van der Waals surface area contributed by atoms with Crippen molar-refractivity contribution in [2.24, 2.45) is 0 Å². The third-order valence-corrected chi connectivity index (χ3v) is 3.99. The van der Waals surface area contributed by atoms with Crippen LogP contribution < -0.4 is 4.74 Å². The van der Waals surface area contributed by atoms with Gasteiger partial charge < -0.3 is 14.2 Å². The van der Waals surface area contributed by atoms with E-state index < -0.39 is 0 Å². The molecule has 1 aromatic rings. The topological polar surface area (TPSA) is 61.8 Å². The second-order valence-corrected chi connectivity index (χ2v) is 6.06. The molecule has 144 valence electrons. The Kier molecular flexibility index (Phi) is 11.6. The quantitative estimate of drug-likeness (QED) is 0.273. The largest absolute Gasteiger partial charge is 0.494 e. The van der Waals surface area contributed by atoms with Gasteiger partial charge in [-0.15, -0.1) is 0 Å². The molecule has 5 nitrogen and oxygen atoms in total. The molecule has 1 aromatic carbocycles. The van der Waals surface area contributed by atoms with E-state index in [0.717, 1.165) is 31.4 Å². The number of unbranched alkanes of at least 4 members (excludes halogenated alkanes) is 7. The molecule has 0 aliphatic carbocycles. The van der Waals surface area contributed by atoms with Crippen molar-refractivity contribution in [2.75, 3.05) is 20.3 Å². The molecule has 0 N–H and O–H groups in total. The van der Waals surface area contributed by atoms with Crippen LogP contribution in [-0.4, -0.2) is 32.3 Å². The van der Waals surface area contributed by atoms with E-state index in [1.54, 1.807) is 24.3 Å². The maximum atomic E-state index is 11.3. The summed E-state index contributed by atoms with van der Waals surface area (Å²) in [6.45, 7) is 4.54. The first kappa shape index (κ1) is 21.7. The summed E-state index contributed by atoms with van der Waals surface area (Å²) in [6, 6.07) is 7.00. The van der Waals surface area contributed by atoms with Crippen LogP contribution >= 0.6 is 0 Å². The Bertz CT molecular complexity index is 536. The Morgan fingerprint density at radius 3 is 1.96 bits per heavy atom. The number of hydrogen-bond donors (Lipinski definition) is 0. The third-order valence-electron chi connectivity index (χ3n) is 3.99. The first-order chi connectivity index (χ1) is 12.7. The fourth-order valence-electron chi connectivity index (χ4n) is 2.49. The molecule has 0 unspecified atom stereocenters. The molecule has 0 bridgehead atoms. The van der Waals surface area contributed by atoms with Crippen molar-refractivity contribution in [1.29, 1.82) is 0 Å². The molecule has 0 spiro atoms. The summed E-state index contributed by atoms with van der Waals surface area (Å²) in [5.41, 5.74) is 0.527. The van der Waals surface area contributed by atoms with Crippen molar-refractivity contribution in [1.82, 2.24) is 0 Å². The van der Waals surface area contributed by atoms with Crippen molar-refractivity contribution in [2.45, 2.75) is 51.4 Å². The molecule has 0 saturated carbocycles. The van der Waals surface area contributed by atoms with Gasteiger partial charge in [0.15, 0.2) is 0 Å². The zero-order valence-corrected chi connectivity index (χ0v) is 15.7. The number of methoxy groups -OCH3 is 1. The molecule has 26 heavy (non-hydrogen) atoms. The van der Waals surface area contributed by atoms with Crippen molar-refractivity contribution in [3.8, 4) is 5.75 Å². The lowest BCUT2D eigenvalue weighted by molar-refractivity contribution is -0.137. The molecular formula is C21H30O5. The molecule has 0 aliphatic heterocycles. The Morgan fingerprint density at radius 2 is 1.42 bits per heavy atom. The summed E-state index contributed by atoms with van der Waals surface area (Å²) in [5.74, 6) is 0.0933. The van der Waals surface area contributed by atoms with Crippen LogP contribution in [0.5, 0.6) is 5.75 Å². The van der Waals surface area contributed by atoms with E-state index in [9.17, 15) is 9.59 Å². The van der Waals surface area contributed by atoms with E-state index in [-0.39, 0.29) is 11.9 Å². The lowest BCUT2D eigenvalue weighted by Gasteiger charge is -2.07. The Morgan fingerprint density at radius 1 is 0.885 bits per heavy atom. The first-order valence-electron chi connectivity index (χ1n) is 9.27. The summed E-state index contributed by atoms with van der Waals surface area (Å²) in [5, 5.41) is 0. The van der Waals surface area contributed by atoms with Crippen LogP contribution in [0.15, 0.2) is 36.9 Å². The molecule has 0 aliphatic rings. The molecule has 0 fully saturated rings. The van der Waals surface area contributed by atoms with Gasteiger partial charge in [0.2, 0.25) is 0 Å². The normalized spacial score (nSPS) is 10.2. The standard InChI is InChI=1S/C21H30O5/c1-3-20(22)26-17-11-9-7-5-4-6-8-10-16-25-19-14-12-18(13-15-19)21(23)24-2/h3,12-15H,1,4-11,16-17H2,2H3. The second kappa shape index (κ2) is 13.9. The predicted molar refractivity (Wildman–Crippen MR) is 101 cm³/mol. The molecular weight excluding hydrogens is 332 g/mol. The van der Waals surface area contributed by atoms with Crippen LogP contribution in [0.2, 0.25) is 0 Å². The van der Waals surface area contributed by atoms with Gasteiger partial charge in [0.05, 0.1) is 25.9 Å². The highest BCUT2D eigenvalue weighted by molar-refractivity contribution is 5.89. The van der Waals surface area contributed by atoms with E-state index in [1.165, 1.54) is 38.9 Å². The van der Waals surface area contributed by atoms with Crippen LogP contribution in [0.3, 0.4) is 0 Å². The minimum absolute atomic E-state index is 0.339. The van der Waals surface area contributed by atoms with Gasteiger partial charge in [0.1, 0.15) is 5.75 Å². The van der Waals surface area contributed by atoms with E-state index in [0.29, 0.717) is 18.8 Å². The molecule has 1 rings (SSSR count). The van der Waals surface area contributed by atoms with E-state index in [1.807, 2.05) is 0 Å². The number of carbonyl (C=O) groups is 2. The minimum atomic E-state index is -0.341. The Labute approximate surface area is 156 Å². The van der Waals surface area contributed by atoms with E-state index in [4.69, 9.17) is 9.47 Å². The molecule has 0 amide bonds. The summed E-state index contributed by atoms with van der Waals surface area (Å²) in [7, 11) is 1.37. The summed E-state index contributed by atoms with van der Waals surface area (Å²) in [4.78, 5) is 22.2. The van der Waals surface area contributed by atoms with Crippen LogP contribution in [0, 0.1) is 0 Å². The van der Waals surface area contributed by atoms with Gasteiger partial charge in [-0.3, -0.25) is 0 Å². The number of esters is 2. The highest BCUT2D eigenvalue weighted by atomic mass is 16.5. The van der Waals surface area contributed by atoms with Gasteiger partial charge in [-0.2, -0.15) is 0 Å². The average molecular weight is 362 g/mol. The molecule has 0 saturated heterocycles. The second-order valence-electron chi connectivity index (χ2n) is 6.06. The van der Waals surface area contributed by atoms with Gasteiger partial charge in [0.25, 0.3) is 0 Å². The number of ether oxygens (including phenoxy) is 3. The number of benzene rings is 1. The molecule has 5 heteroatoms. The smallest absolute Gasteiger partial charge is 0.337 e. The number of carbonyl (C=O) groups excluding carboxylic acids is 2. The Balaban J connectivity index is 1.92. The maximum absolute atomic E-state index is 11.3. The van der Waals surface area contributed by atoms with Gasteiger partial charge in [0, 0.05) is 6.08 Å². The zero-order valence-electron chi connectivity index (χ0n) is 15.7. The number of hydrogen-bond acceptors (Lipinski definition) is 5. The van der Waals surface area contributed by atoms with E-state index >= 15 is 0 Å². The third kappa shape index (κ3) is 9.87. The average Bonchev–Trinajstić information content (AvgIpc) is 2.68. The highest BCUT2D eigenvalue weighted by Crippen LogP contribution is 2.14. The first-order valence-corrected chi connectivity index (χ1v) is 9.27. The highest BCUT2D eigenvalue weighted by Gasteiger charge is 2.04. The number of rotatable bonds is 14. The van der Waals surface area contributed by atoms with Crippen molar-refractivity contribution in [3.05, 3.63) is 42.5 Å². The van der Waals surface area contributed by atoms with Crippen molar-refractivity contribution >= 4 is 11.9 Å². The summed E-state index contributed by atoms with van der Waals surface area (Å²) < 4.78 is 15.3. The summed E-state index contributed by atoms with van der Waals surface area (Å²) >= 11 is 0. The van der Waals surface area contributed by atoms with Crippen LogP contribution in [0.25, 0.3) is 0 Å². The zero-order chi connectivity index (χ0) is 19.0. The van der Waals surface area contributed by atoms with Crippen LogP contribution in [0.1, 0.15) is 61.7 Å². The SMILES string of the molecule is C=CC(=O)OCCCCCCCCCCOc1ccc(C(=O)OC)cc1. The molecule has 0 aromatic heterocycles. The Hall–Kier alpha value is -2.30. The minimum Gasteiger partial charge on any atom is -0.494 e. The van der Waals surface area contributed by atoms with Gasteiger partial charge in [-0.1, -0.05) is 45.1 Å². The van der Waals surface area contributed by atoms with Gasteiger partial charge in [-0.25, -0.2) is 9.59 Å². The van der Waals surface area contributed by atoms with Crippen molar-refractivity contribution in [3.63, 3.8) is 0 Å². The molecule has 0 atom stereocenters. The predicted octanol–water partition coefficient (Wildman–Crippen LogP) is 4.70. The molecule has 0 heterocycles.